The number of methoxy groups -OCH3 is 1. The Morgan fingerprint density at radius 3 is 2.38 bits per heavy atom. The molecule has 34 heavy (non-hydrogen) atoms. The number of piperazine rings is 1. The van der Waals surface area contributed by atoms with Crippen LogP contribution in [0, 0.1) is 12.8 Å². The van der Waals surface area contributed by atoms with Crippen molar-refractivity contribution in [2.45, 2.75) is 39.0 Å². The monoisotopic (exact) mass is 483 g/mol. The fourth-order valence-electron chi connectivity index (χ4n) is 4.48. The molecular formula is C25H33N5O3S. The van der Waals surface area contributed by atoms with E-state index >= 15 is 0 Å². The Labute approximate surface area is 204 Å². The van der Waals surface area contributed by atoms with Gasteiger partial charge < -0.3 is 19.1 Å². The molecule has 9 heteroatoms. The molecule has 0 bridgehead atoms. The van der Waals surface area contributed by atoms with E-state index in [1.54, 1.807) is 11.7 Å². The zero-order valence-electron chi connectivity index (χ0n) is 20.6. The van der Waals surface area contributed by atoms with Crippen molar-refractivity contribution in [2.24, 2.45) is 5.92 Å². The average Bonchev–Trinajstić information content (AvgIpc) is 3.15. The fourth-order valence-corrected chi connectivity index (χ4v) is 5.04. The normalized spacial score (nSPS) is 14.3. The molecule has 3 heterocycles. The Balaban J connectivity index is 1.51. The van der Waals surface area contributed by atoms with Gasteiger partial charge in [0.2, 0.25) is 5.91 Å². The number of nitrogens with zero attached hydrogens (tertiary/aromatic N) is 5. The summed E-state index contributed by atoms with van der Waals surface area (Å²) >= 11 is 1.47. The lowest BCUT2D eigenvalue weighted by atomic mass is 10.2. The molecule has 1 fully saturated rings. The van der Waals surface area contributed by atoms with E-state index < -0.39 is 0 Å². The van der Waals surface area contributed by atoms with Gasteiger partial charge in [-0.2, -0.15) is 0 Å². The van der Waals surface area contributed by atoms with E-state index in [0.717, 1.165) is 30.2 Å². The van der Waals surface area contributed by atoms with Crippen LogP contribution < -0.4 is 15.2 Å². The van der Waals surface area contributed by atoms with Gasteiger partial charge in [-0.3, -0.25) is 14.2 Å². The number of amides is 1. The standard InChI is InChI=1S/C25H33N5O3S/c1-17(2)15-30-24(32)23-21(26-25(30)34-5)14-18(3)29(23)16-22(31)28-12-10-27(11-13-28)19-6-8-20(33-4)9-7-19/h6-9,14,17H,10-13,15-16H2,1-5H3. The van der Waals surface area contributed by atoms with Gasteiger partial charge in [-0.05, 0) is 49.4 Å². The Kier molecular flexibility index (Phi) is 7.21. The summed E-state index contributed by atoms with van der Waals surface area (Å²) in [6.07, 6.45) is 1.93. The lowest BCUT2D eigenvalue weighted by molar-refractivity contribution is -0.132. The van der Waals surface area contributed by atoms with Gasteiger partial charge in [-0.25, -0.2) is 4.98 Å². The Hall–Kier alpha value is -2.94. The third kappa shape index (κ3) is 4.80. The summed E-state index contributed by atoms with van der Waals surface area (Å²) in [7, 11) is 1.66. The molecule has 3 aromatic rings. The van der Waals surface area contributed by atoms with Gasteiger partial charge in [0.1, 0.15) is 17.8 Å². The largest absolute Gasteiger partial charge is 0.497 e. The molecule has 0 saturated carbocycles. The van der Waals surface area contributed by atoms with Crippen molar-refractivity contribution in [1.29, 1.82) is 0 Å². The first-order valence-electron chi connectivity index (χ1n) is 11.6. The SMILES string of the molecule is COc1ccc(N2CCN(C(=O)Cn3c(C)cc4nc(SC)n(CC(C)C)c(=O)c43)CC2)cc1. The van der Waals surface area contributed by atoms with Crippen LogP contribution in [0.3, 0.4) is 0 Å². The fraction of sp³-hybridized carbons (Fsp3) is 0.480. The van der Waals surface area contributed by atoms with Crippen molar-refractivity contribution in [3.8, 4) is 5.75 Å². The van der Waals surface area contributed by atoms with Crippen LogP contribution in [-0.2, 0) is 17.9 Å². The smallest absolute Gasteiger partial charge is 0.278 e. The van der Waals surface area contributed by atoms with Crippen LogP contribution in [0.2, 0.25) is 0 Å². The Bertz CT molecular complexity index is 1220. The van der Waals surface area contributed by atoms with Gasteiger partial charge >= 0.3 is 0 Å². The molecule has 0 aliphatic carbocycles. The quantitative estimate of drug-likeness (QED) is 0.380. The zero-order valence-corrected chi connectivity index (χ0v) is 21.4. The van der Waals surface area contributed by atoms with E-state index in [9.17, 15) is 9.59 Å². The average molecular weight is 484 g/mol. The highest BCUT2D eigenvalue weighted by Gasteiger charge is 2.24. The van der Waals surface area contributed by atoms with E-state index in [1.807, 2.05) is 53.0 Å². The molecular weight excluding hydrogens is 450 g/mol. The van der Waals surface area contributed by atoms with Gasteiger partial charge in [0.25, 0.3) is 5.56 Å². The molecule has 1 aliphatic heterocycles. The maximum atomic E-state index is 13.4. The van der Waals surface area contributed by atoms with Gasteiger partial charge in [-0.15, -0.1) is 0 Å². The minimum atomic E-state index is -0.0757. The van der Waals surface area contributed by atoms with E-state index in [4.69, 9.17) is 9.72 Å². The number of carbonyl (C=O) groups excluding carboxylic acids is 1. The summed E-state index contributed by atoms with van der Waals surface area (Å²) in [4.78, 5) is 35.5. The number of aromatic nitrogens is 3. The molecule has 0 spiro atoms. The number of thioether (sulfide) groups is 1. The number of rotatable bonds is 7. The van der Waals surface area contributed by atoms with Gasteiger partial charge in [0, 0.05) is 44.1 Å². The molecule has 0 N–H and O–H groups in total. The topological polar surface area (TPSA) is 72.6 Å². The van der Waals surface area contributed by atoms with Gasteiger partial charge in [0.15, 0.2) is 5.16 Å². The molecule has 2 aromatic heterocycles. The lowest BCUT2D eigenvalue weighted by Crippen LogP contribution is -2.49. The molecule has 1 aliphatic rings. The maximum Gasteiger partial charge on any atom is 0.278 e. The molecule has 1 amide bonds. The molecule has 182 valence electrons. The van der Waals surface area contributed by atoms with Gasteiger partial charge in [0.05, 0.1) is 12.6 Å². The molecule has 8 nitrogen and oxygen atoms in total. The second kappa shape index (κ2) is 10.1. The van der Waals surface area contributed by atoms with Crippen LogP contribution in [0.5, 0.6) is 5.75 Å². The summed E-state index contributed by atoms with van der Waals surface area (Å²) in [5, 5.41) is 0.712. The summed E-state index contributed by atoms with van der Waals surface area (Å²) in [6, 6.07) is 9.91. The first-order chi connectivity index (χ1) is 16.3. The second-order valence-electron chi connectivity index (χ2n) is 9.08. The lowest BCUT2D eigenvalue weighted by Gasteiger charge is -2.36. The number of hydrogen-bond donors (Lipinski definition) is 0. The Morgan fingerprint density at radius 1 is 1.12 bits per heavy atom. The van der Waals surface area contributed by atoms with Crippen LogP contribution in [0.15, 0.2) is 40.3 Å². The number of aryl methyl sites for hydroxylation is 1. The van der Waals surface area contributed by atoms with Crippen LogP contribution in [0.4, 0.5) is 5.69 Å². The van der Waals surface area contributed by atoms with E-state index in [-0.39, 0.29) is 18.0 Å². The number of anilines is 1. The van der Waals surface area contributed by atoms with Crippen molar-refractivity contribution in [3.63, 3.8) is 0 Å². The predicted molar refractivity (Wildman–Crippen MR) is 137 cm³/mol. The summed E-state index contributed by atoms with van der Waals surface area (Å²) in [5.41, 5.74) is 3.10. The van der Waals surface area contributed by atoms with Crippen molar-refractivity contribution >= 4 is 34.4 Å². The predicted octanol–water partition coefficient (Wildman–Crippen LogP) is 3.24. The molecule has 1 aromatic carbocycles. The molecule has 1 saturated heterocycles. The van der Waals surface area contributed by atoms with E-state index in [0.29, 0.717) is 41.7 Å². The number of hydrogen-bond acceptors (Lipinski definition) is 6. The third-order valence-electron chi connectivity index (χ3n) is 6.27. The van der Waals surface area contributed by atoms with Crippen molar-refractivity contribution in [2.75, 3.05) is 44.4 Å². The van der Waals surface area contributed by atoms with Crippen LogP contribution in [0.1, 0.15) is 19.5 Å². The Morgan fingerprint density at radius 2 is 1.79 bits per heavy atom. The molecule has 4 rings (SSSR count). The zero-order chi connectivity index (χ0) is 24.4. The van der Waals surface area contributed by atoms with Crippen molar-refractivity contribution in [3.05, 3.63) is 46.4 Å². The molecule has 0 atom stereocenters. The molecule has 0 radical (unpaired) electrons. The third-order valence-corrected chi connectivity index (χ3v) is 6.95. The highest BCUT2D eigenvalue weighted by Crippen LogP contribution is 2.22. The number of ether oxygens (including phenoxy) is 1. The summed E-state index contributed by atoms with van der Waals surface area (Å²) in [5.74, 6) is 1.17. The summed E-state index contributed by atoms with van der Waals surface area (Å²) < 4.78 is 8.82. The number of carbonyl (C=O) groups is 1. The van der Waals surface area contributed by atoms with Gasteiger partial charge in [-0.1, -0.05) is 25.6 Å². The number of fused-ring (bicyclic) bond motifs is 1. The number of benzene rings is 1. The first kappa shape index (κ1) is 24.2. The van der Waals surface area contributed by atoms with Crippen LogP contribution >= 0.6 is 11.8 Å². The van der Waals surface area contributed by atoms with E-state index in [2.05, 4.69) is 18.7 Å². The van der Waals surface area contributed by atoms with Crippen LogP contribution in [-0.4, -0.2) is 64.5 Å². The highest BCUT2D eigenvalue weighted by atomic mass is 32.2. The van der Waals surface area contributed by atoms with Crippen molar-refractivity contribution in [1.82, 2.24) is 19.0 Å². The maximum absolute atomic E-state index is 13.4. The van der Waals surface area contributed by atoms with Crippen LogP contribution in [0.25, 0.3) is 11.0 Å². The first-order valence-corrected chi connectivity index (χ1v) is 12.9. The second-order valence-corrected chi connectivity index (χ2v) is 9.85. The van der Waals surface area contributed by atoms with E-state index in [1.165, 1.54) is 11.8 Å². The highest BCUT2D eigenvalue weighted by molar-refractivity contribution is 7.98. The van der Waals surface area contributed by atoms with Crippen molar-refractivity contribution < 1.29 is 9.53 Å². The minimum Gasteiger partial charge on any atom is -0.497 e. The summed E-state index contributed by atoms with van der Waals surface area (Å²) in [6.45, 7) is 9.68. The minimum absolute atomic E-state index is 0.0266. The molecule has 0 unspecified atom stereocenters.